The number of hydrogen-bond donors (Lipinski definition) is 5. The Balaban J connectivity index is 1.78. The smallest absolute Gasteiger partial charge is 0.138 e. The molecule has 0 saturated heterocycles. The molecule has 146 valence electrons. The van der Waals surface area contributed by atoms with Crippen molar-refractivity contribution in [3.63, 3.8) is 0 Å². The minimum absolute atomic E-state index is 0.0786. The van der Waals surface area contributed by atoms with E-state index in [4.69, 9.17) is 5.73 Å². The Labute approximate surface area is 166 Å². The van der Waals surface area contributed by atoms with Gasteiger partial charge >= 0.3 is 0 Å². The summed E-state index contributed by atoms with van der Waals surface area (Å²) < 4.78 is 0. The Morgan fingerprint density at radius 1 is 1.18 bits per heavy atom. The van der Waals surface area contributed by atoms with Gasteiger partial charge in [-0.05, 0) is 61.2 Å². The van der Waals surface area contributed by atoms with Gasteiger partial charge in [-0.2, -0.15) is 0 Å². The first-order valence-corrected chi connectivity index (χ1v) is 9.92. The van der Waals surface area contributed by atoms with E-state index in [0.717, 1.165) is 55.1 Å². The summed E-state index contributed by atoms with van der Waals surface area (Å²) in [5.41, 5.74) is 13.7. The van der Waals surface area contributed by atoms with Gasteiger partial charge in [0.15, 0.2) is 0 Å². The van der Waals surface area contributed by atoms with Gasteiger partial charge in [0.2, 0.25) is 0 Å². The topological polar surface area (TPSA) is 82.3 Å². The van der Waals surface area contributed by atoms with E-state index >= 15 is 0 Å². The standard InChI is InChI=1S/C23H28N4O/c1-15(24)23-18-7-6-17(16-8-11-25-12-9-16)14-19(18)20(10-13-26-23)27-21-4-2-3-5-22(21)28/h2-8,14,20,25-28H,9-13,24H2,1H3/b23-15-. The first-order valence-electron chi connectivity index (χ1n) is 9.92. The van der Waals surface area contributed by atoms with E-state index in [2.05, 4.69) is 40.2 Å². The SMILES string of the molecule is C/C(N)=C1/NCCC(Nc2ccccc2O)c2cc(C3=CCNCC3)ccc21. The van der Waals surface area contributed by atoms with Crippen molar-refractivity contribution in [2.45, 2.75) is 25.8 Å². The third kappa shape index (κ3) is 3.71. The molecular formula is C23H28N4O. The van der Waals surface area contributed by atoms with Gasteiger partial charge in [0.05, 0.1) is 17.4 Å². The number of fused-ring (bicyclic) bond motifs is 1. The van der Waals surface area contributed by atoms with E-state index < -0.39 is 0 Å². The molecule has 0 saturated carbocycles. The Bertz CT molecular complexity index is 928. The lowest BCUT2D eigenvalue weighted by molar-refractivity contribution is 0.476. The quantitative estimate of drug-likeness (QED) is 0.529. The highest BCUT2D eigenvalue weighted by molar-refractivity contribution is 5.75. The van der Waals surface area contributed by atoms with Crippen LogP contribution in [0.5, 0.6) is 5.75 Å². The second kappa shape index (κ2) is 7.98. The maximum absolute atomic E-state index is 10.2. The Morgan fingerprint density at radius 2 is 2.04 bits per heavy atom. The summed E-state index contributed by atoms with van der Waals surface area (Å²) in [6.45, 7) is 4.68. The highest BCUT2D eigenvalue weighted by Gasteiger charge is 2.23. The van der Waals surface area contributed by atoms with Crippen LogP contribution in [-0.4, -0.2) is 24.7 Å². The molecule has 1 unspecified atom stereocenters. The zero-order chi connectivity index (χ0) is 19.5. The molecule has 0 fully saturated rings. The molecule has 4 rings (SSSR count). The summed E-state index contributed by atoms with van der Waals surface area (Å²) >= 11 is 0. The molecule has 0 bridgehead atoms. The molecule has 0 amide bonds. The second-order valence-electron chi connectivity index (χ2n) is 7.47. The van der Waals surface area contributed by atoms with Crippen LogP contribution < -0.4 is 21.7 Å². The van der Waals surface area contributed by atoms with Crippen LogP contribution in [0.25, 0.3) is 11.3 Å². The van der Waals surface area contributed by atoms with Crippen molar-refractivity contribution in [3.05, 3.63) is 70.9 Å². The Morgan fingerprint density at radius 3 is 2.79 bits per heavy atom. The molecule has 0 aromatic heterocycles. The van der Waals surface area contributed by atoms with Crippen molar-refractivity contribution in [2.75, 3.05) is 25.0 Å². The van der Waals surface area contributed by atoms with Crippen molar-refractivity contribution in [3.8, 4) is 5.75 Å². The average Bonchev–Trinajstić information content (AvgIpc) is 2.89. The molecule has 2 aliphatic heterocycles. The van der Waals surface area contributed by atoms with E-state index in [9.17, 15) is 5.11 Å². The predicted molar refractivity (Wildman–Crippen MR) is 116 cm³/mol. The molecule has 28 heavy (non-hydrogen) atoms. The maximum Gasteiger partial charge on any atom is 0.138 e. The van der Waals surface area contributed by atoms with Crippen LogP contribution in [-0.2, 0) is 0 Å². The number of para-hydroxylation sites is 2. The number of phenols is 1. The summed E-state index contributed by atoms with van der Waals surface area (Å²) in [5.74, 6) is 0.268. The molecule has 2 heterocycles. The van der Waals surface area contributed by atoms with Crippen LogP contribution in [0.2, 0.25) is 0 Å². The summed E-state index contributed by atoms with van der Waals surface area (Å²) in [4.78, 5) is 0. The average molecular weight is 377 g/mol. The third-order valence-electron chi connectivity index (χ3n) is 5.49. The monoisotopic (exact) mass is 376 g/mol. The van der Waals surface area contributed by atoms with E-state index in [1.165, 1.54) is 16.7 Å². The summed E-state index contributed by atoms with van der Waals surface area (Å²) in [6, 6.07) is 14.1. The molecule has 0 radical (unpaired) electrons. The molecule has 5 nitrogen and oxygen atoms in total. The van der Waals surface area contributed by atoms with Crippen molar-refractivity contribution in [1.29, 1.82) is 0 Å². The van der Waals surface area contributed by atoms with Gasteiger partial charge in [0.25, 0.3) is 0 Å². The maximum atomic E-state index is 10.2. The van der Waals surface area contributed by atoms with Crippen LogP contribution in [0.1, 0.15) is 42.5 Å². The number of hydrogen-bond acceptors (Lipinski definition) is 5. The zero-order valence-corrected chi connectivity index (χ0v) is 16.3. The van der Waals surface area contributed by atoms with Crippen LogP contribution in [0, 0.1) is 0 Å². The summed E-state index contributed by atoms with van der Waals surface area (Å²) in [7, 11) is 0. The van der Waals surface area contributed by atoms with Crippen LogP contribution >= 0.6 is 0 Å². The molecule has 2 aromatic carbocycles. The van der Waals surface area contributed by atoms with Crippen molar-refractivity contribution in [1.82, 2.24) is 10.6 Å². The van der Waals surface area contributed by atoms with E-state index in [1.54, 1.807) is 6.07 Å². The molecule has 0 aliphatic carbocycles. The highest BCUT2D eigenvalue weighted by Crippen LogP contribution is 2.36. The first kappa shape index (κ1) is 18.4. The van der Waals surface area contributed by atoms with Gasteiger partial charge in [0.1, 0.15) is 5.75 Å². The Hall–Kier alpha value is -2.92. The largest absolute Gasteiger partial charge is 0.506 e. The molecular weight excluding hydrogens is 348 g/mol. The molecule has 2 aromatic rings. The van der Waals surface area contributed by atoms with Gasteiger partial charge in [0, 0.05) is 24.4 Å². The zero-order valence-electron chi connectivity index (χ0n) is 16.3. The van der Waals surface area contributed by atoms with Gasteiger partial charge in [-0.15, -0.1) is 0 Å². The van der Waals surface area contributed by atoms with E-state index in [1.807, 2.05) is 25.1 Å². The first-order chi connectivity index (χ1) is 13.6. The third-order valence-corrected chi connectivity index (χ3v) is 5.49. The predicted octanol–water partition coefficient (Wildman–Crippen LogP) is 3.56. The highest BCUT2D eigenvalue weighted by atomic mass is 16.3. The number of phenolic OH excluding ortho intramolecular Hbond substituents is 1. The van der Waals surface area contributed by atoms with Gasteiger partial charge in [-0.3, -0.25) is 0 Å². The lowest BCUT2D eigenvalue weighted by atomic mass is 9.91. The molecule has 6 N–H and O–H groups in total. The van der Waals surface area contributed by atoms with E-state index in [0.29, 0.717) is 0 Å². The number of aromatic hydroxyl groups is 1. The summed E-state index contributed by atoms with van der Waals surface area (Å²) in [6.07, 6.45) is 4.20. The normalized spacial score (nSPS) is 21.0. The minimum atomic E-state index is 0.0786. The van der Waals surface area contributed by atoms with Gasteiger partial charge < -0.3 is 26.8 Å². The van der Waals surface area contributed by atoms with Crippen molar-refractivity contribution in [2.24, 2.45) is 5.73 Å². The van der Waals surface area contributed by atoms with Crippen LogP contribution in [0.4, 0.5) is 5.69 Å². The van der Waals surface area contributed by atoms with Crippen molar-refractivity contribution >= 4 is 17.0 Å². The van der Waals surface area contributed by atoms with E-state index in [-0.39, 0.29) is 11.8 Å². The number of nitrogens with two attached hydrogens (primary N) is 1. The summed E-state index contributed by atoms with van der Waals surface area (Å²) in [5, 5.41) is 20.7. The number of rotatable bonds is 3. The van der Waals surface area contributed by atoms with Gasteiger partial charge in [-0.25, -0.2) is 0 Å². The molecule has 1 atom stereocenters. The van der Waals surface area contributed by atoms with Crippen molar-refractivity contribution < 1.29 is 5.11 Å². The second-order valence-corrected chi connectivity index (χ2v) is 7.47. The fraction of sp³-hybridized carbons (Fsp3) is 0.304. The minimum Gasteiger partial charge on any atom is -0.506 e. The lowest BCUT2D eigenvalue weighted by Crippen LogP contribution is -2.20. The fourth-order valence-corrected chi connectivity index (χ4v) is 4.04. The Kier molecular flexibility index (Phi) is 5.26. The van der Waals surface area contributed by atoms with Crippen LogP contribution in [0.15, 0.2) is 54.2 Å². The molecule has 2 aliphatic rings. The number of benzene rings is 2. The van der Waals surface area contributed by atoms with Crippen LogP contribution in [0.3, 0.4) is 0 Å². The molecule has 5 heteroatoms. The fourth-order valence-electron chi connectivity index (χ4n) is 4.04. The molecule has 0 spiro atoms. The van der Waals surface area contributed by atoms with Gasteiger partial charge in [-0.1, -0.05) is 30.3 Å². The lowest BCUT2D eigenvalue weighted by Gasteiger charge is -2.23. The number of anilines is 1. The number of allylic oxidation sites excluding steroid dienone is 1. The number of nitrogens with one attached hydrogen (secondary N) is 3.